The van der Waals surface area contributed by atoms with Crippen molar-refractivity contribution in [2.75, 3.05) is 5.32 Å². The zero-order chi connectivity index (χ0) is 14.0. The van der Waals surface area contributed by atoms with Gasteiger partial charge in [0.25, 0.3) is 5.91 Å². The second kappa shape index (κ2) is 5.81. The summed E-state index contributed by atoms with van der Waals surface area (Å²) < 4.78 is 0.941. The maximum Gasteiger partial charge on any atom is 0.267 e. The van der Waals surface area contributed by atoms with E-state index in [1.54, 1.807) is 0 Å². The average Bonchev–Trinajstić information content (AvgIpc) is 2.70. The number of benzene rings is 1. The second-order valence-corrected chi connectivity index (χ2v) is 6.23. The topological polar surface area (TPSA) is 68.0 Å². The van der Waals surface area contributed by atoms with Gasteiger partial charge in [0.2, 0.25) is 0 Å². The molecule has 2 aromatic rings. The number of hydrogen-bond acceptors (Lipinski definition) is 4. The van der Waals surface area contributed by atoms with Crippen LogP contribution in [0.15, 0.2) is 22.7 Å². The fourth-order valence-electron chi connectivity index (χ4n) is 1.77. The highest BCUT2D eigenvalue weighted by Crippen LogP contribution is 2.23. The van der Waals surface area contributed by atoms with Crippen molar-refractivity contribution in [1.82, 2.24) is 4.98 Å². The molecular formula is C13H14BrN3OS. The molecule has 2 rings (SSSR count). The number of nitrogens with one attached hydrogen (secondary N) is 1. The van der Waals surface area contributed by atoms with E-state index in [0.29, 0.717) is 11.4 Å². The van der Waals surface area contributed by atoms with Gasteiger partial charge in [0.05, 0.1) is 10.7 Å². The molecule has 1 heterocycles. The number of amides is 1. The monoisotopic (exact) mass is 339 g/mol. The average molecular weight is 340 g/mol. The summed E-state index contributed by atoms with van der Waals surface area (Å²) in [4.78, 5) is 17.1. The minimum Gasteiger partial charge on any atom is -0.326 e. The van der Waals surface area contributed by atoms with Crippen molar-refractivity contribution in [3.05, 3.63) is 43.8 Å². The number of rotatable bonds is 3. The molecule has 0 fully saturated rings. The van der Waals surface area contributed by atoms with Crippen LogP contribution in [0.1, 0.15) is 25.9 Å². The van der Waals surface area contributed by atoms with Crippen molar-refractivity contribution in [2.45, 2.75) is 20.4 Å². The SMILES string of the molecule is Cc1nc(C)c(C(=O)Nc2ccc(Br)cc2CN)s1. The summed E-state index contributed by atoms with van der Waals surface area (Å²) in [6, 6.07) is 5.62. The smallest absolute Gasteiger partial charge is 0.267 e. The van der Waals surface area contributed by atoms with Crippen LogP contribution in [0.3, 0.4) is 0 Å². The Balaban J connectivity index is 2.26. The number of aryl methyl sites for hydroxylation is 2. The lowest BCUT2D eigenvalue weighted by Crippen LogP contribution is -2.14. The lowest BCUT2D eigenvalue weighted by atomic mass is 10.2. The molecule has 4 nitrogen and oxygen atoms in total. The van der Waals surface area contributed by atoms with Crippen LogP contribution in [0, 0.1) is 13.8 Å². The van der Waals surface area contributed by atoms with E-state index in [-0.39, 0.29) is 5.91 Å². The summed E-state index contributed by atoms with van der Waals surface area (Å²) >= 11 is 4.78. The van der Waals surface area contributed by atoms with Crippen molar-refractivity contribution in [2.24, 2.45) is 5.73 Å². The first-order valence-electron chi connectivity index (χ1n) is 5.75. The van der Waals surface area contributed by atoms with Crippen LogP contribution in [-0.4, -0.2) is 10.9 Å². The number of hydrogen-bond donors (Lipinski definition) is 2. The van der Waals surface area contributed by atoms with Gasteiger partial charge in [0.1, 0.15) is 4.88 Å². The summed E-state index contributed by atoms with van der Waals surface area (Å²) in [5.74, 6) is -0.139. The van der Waals surface area contributed by atoms with E-state index < -0.39 is 0 Å². The molecule has 0 aliphatic carbocycles. The van der Waals surface area contributed by atoms with E-state index in [9.17, 15) is 4.79 Å². The minimum absolute atomic E-state index is 0.139. The summed E-state index contributed by atoms with van der Waals surface area (Å²) in [5.41, 5.74) is 8.07. The second-order valence-electron chi connectivity index (χ2n) is 4.11. The lowest BCUT2D eigenvalue weighted by molar-refractivity contribution is 0.102. The Labute approximate surface area is 124 Å². The molecule has 0 atom stereocenters. The van der Waals surface area contributed by atoms with Gasteiger partial charge in [-0.2, -0.15) is 0 Å². The van der Waals surface area contributed by atoms with Crippen LogP contribution in [0.4, 0.5) is 5.69 Å². The van der Waals surface area contributed by atoms with Crippen LogP contribution in [0.2, 0.25) is 0 Å². The van der Waals surface area contributed by atoms with Crippen LogP contribution < -0.4 is 11.1 Å². The molecule has 1 aromatic heterocycles. The van der Waals surface area contributed by atoms with Gasteiger partial charge in [-0.25, -0.2) is 4.98 Å². The number of nitrogens with zero attached hydrogens (tertiary/aromatic N) is 1. The van der Waals surface area contributed by atoms with E-state index in [1.165, 1.54) is 11.3 Å². The molecule has 0 saturated carbocycles. The molecule has 3 N–H and O–H groups in total. The first-order valence-corrected chi connectivity index (χ1v) is 7.36. The van der Waals surface area contributed by atoms with E-state index in [4.69, 9.17) is 5.73 Å². The van der Waals surface area contributed by atoms with Gasteiger partial charge in [-0.1, -0.05) is 15.9 Å². The number of thiazole rings is 1. The number of carbonyl (C=O) groups is 1. The molecule has 0 aliphatic rings. The highest BCUT2D eigenvalue weighted by atomic mass is 79.9. The van der Waals surface area contributed by atoms with Gasteiger partial charge in [-0.3, -0.25) is 4.79 Å². The van der Waals surface area contributed by atoms with Crippen molar-refractivity contribution in [1.29, 1.82) is 0 Å². The zero-order valence-electron chi connectivity index (χ0n) is 10.7. The van der Waals surface area contributed by atoms with Gasteiger partial charge < -0.3 is 11.1 Å². The Morgan fingerprint density at radius 1 is 1.47 bits per heavy atom. The zero-order valence-corrected chi connectivity index (χ0v) is 13.1. The van der Waals surface area contributed by atoms with Crippen LogP contribution >= 0.6 is 27.3 Å². The van der Waals surface area contributed by atoms with Crippen molar-refractivity contribution < 1.29 is 4.79 Å². The number of carbonyl (C=O) groups excluding carboxylic acids is 1. The predicted molar refractivity (Wildman–Crippen MR) is 81.6 cm³/mol. The molecule has 6 heteroatoms. The molecule has 19 heavy (non-hydrogen) atoms. The Morgan fingerprint density at radius 2 is 2.21 bits per heavy atom. The van der Waals surface area contributed by atoms with E-state index >= 15 is 0 Å². The molecule has 0 spiro atoms. The molecular weight excluding hydrogens is 326 g/mol. The minimum atomic E-state index is -0.139. The van der Waals surface area contributed by atoms with E-state index in [2.05, 4.69) is 26.2 Å². The fourth-order valence-corrected chi connectivity index (χ4v) is 3.00. The van der Waals surface area contributed by atoms with Gasteiger partial charge >= 0.3 is 0 Å². The Morgan fingerprint density at radius 3 is 2.79 bits per heavy atom. The number of aromatic nitrogens is 1. The standard InChI is InChI=1S/C13H14BrN3OS/c1-7-12(19-8(2)16-7)13(18)17-11-4-3-10(14)5-9(11)6-15/h3-5H,6,15H2,1-2H3,(H,17,18). The molecule has 0 radical (unpaired) electrons. The maximum atomic E-state index is 12.2. The quantitative estimate of drug-likeness (QED) is 0.901. The van der Waals surface area contributed by atoms with Crippen LogP contribution in [0.5, 0.6) is 0 Å². The normalized spacial score (nSPS) is 10.5. The van der Waals surface area contributed by atoms with E-state index in [1.807, 2.05) is 32.0 Å². The van der Waals surface area contributed by atoms with Crippen molar-refractivity contribution >= 4 is 38.9 Å². The number of anilines is 1. The molecule has 1 aromatic carbocycles. The fraction of sp³-hybridized carbons (Fsp3) is 0.231. The summed E-state index contributed by atoms with van der Waals surface area (Å²) in [7, 11) is 0. The van der Waals surface area contributed by atoms with E-state index in [0.717, 1.165) is 26.4 Å². The summed E-state index contributed by atoms with van der Waals surface area (Å²) in [6.07, 6.45) is 0. The third-order valence-electron chi connectivity index (χ3n) is 2.65. The van der Waals surface area contributed by atoms with Gasteiger partial charge in [-0.05, 0) is 37.6 Å². The van der Waals surface area contributed by atoms with Gasteiger partial charge in [0.15, 0.2) is 0 Å². The highest BCUT2D eigenvalue weighted by molar-refractivity contribution is 9.10. The molecule has 100 valence electrons. The molecule has 0 bridgehead atoms. The van der Waals surface area contributed by atoms with Crippen LogP contribution in [0.25, 0.3) is 0 Å². The third kappa shape index (κ3) is 3.20. The van der Waals surface area contributed by atoms with Crippen molar-refractivity contribution in [3.63, 3.8) is 0 Å². The molecule has 0 saturated heterocycles. The Kier molecular flexibility index (Phi) is 4.34. The largest absolute Gasteiger partial charge is 0.326 e. The number of halogens is 1. The van der Waals surface area contributed by atoms with Crippen LogP contribution in [-0.2, 0) is 6.54 Å². The maximum absolute atomic E-state index is 12.2. The third-order valence-corrected chi connectivity index (χ3v) is 4.21. The summed E-state index contributed by atoms with van der Waals surface area (Å²) in [5, 5.41) is 3.78. The lowest BCUT2D eigenvalue weighted by Gasteiger charge is -2.09. The Bertz CT molecular complexity index is 624. The molecule has 0 unspecified atom stereocenters. The van der Waals surface area contributed by atoms with Gasteiger partial charge in [0, 0.05) is 16.7 Å². The first-order chi connectivity index (χ1) is 9.01. The molecule has 0 aliphatic heterocycles. The number of nitrogens with two attached hydrogens (primary N) is 1. The van der Waals surface area contributed by atoms with Gasteiger partial charge in [-0.15, -0.1) is 11.3 Å². The summed E-state index contributed by atoms with van der Waals surface area (Å²) in [6.45, 7) is 4.10. The first kappa shape index (κ1) is 14.2. The predicted octanol–water partition coefficient (Wildman–Crippen LogP) is 3.23. The van der Waals surface area contributed by atoms with Crippen molar-refractivity contribution in [3.8, 4) is 0 Å². The Hall–Kier alpha value is -1.24. The molecule has 1 amide bonds. The highest BCUT2D eigenvalue weighted by Gasteiger charge is 2.15.